The van der Waals surface area contributed by atoms with Crippen molar-refractivity contribution in [2.24, 2.45) is 5.41 Å². The topological polar surface area (TPSA) is 73.7 Å². The number of carboxylic acids is 1. The minimum absolute atomic E-state index is 0. The summed E-state index contributed by atoms with van der Waals surface area (Å²) in [6.07, 6.45) is 10.4. The van der Waals surface area contributed by atoms with E-state index in [9.17, 15) is 10.3 Å². The van der Waals surface area contributed by atoms with Crippen molar-refractivity contribution in [3.63, 3.8) is 0 Å². The number of hydrogen-bond acceptors (Lipinski definition) is 1. The summed E-state index contributed by atoms with van der Waals surface area (Å²) < 4.78 is 0. The summed E-state index contributed by atoms with van der Waals surface area (Å²) >= 11 is 0. The number of aliphatic carboxylic acids is 1. The van der Waals surface area contributed by atoms with Crippen LogP contribution in [0.3, 0.4) is 0 Å². The SMILES string of the molecule is Cl.[N-]=[N+]=C1CC2(CC=C1c1ccc(CC(=O)O)cc1)CCCCC2. The van der Waals surface area contributed by atoms with E-state index in [0.717, 1.165) is 35.3 Å². The highest BCUT2D eigenvalue weighted by atomic mass is 35.5. The van der Waals surface area contributed by atoms with Crippen molar-refractivity contribution in [3.8, 4) is 0 Å². The number of allylic oxidation sites excluding steroid dienone is 2. The second kappa shape index (κ2) is 7.78. The summed E-state index contributed by atoms with van der Waals surface area (Å²) in [6.45, 7) is 0. The molecule has 0 atom stereocenters. The summed E-state index contributed by atoms with van der Waals surface area (Å²) in [5.41, 5.74) is 13.3. The molecule has 0 radical (unpaired) electrons. The summed E-state index contributed by atoms with van der Waals surface area (Å²) in [5, 5.41) is 8.84. The molecule has 5 heteroatoms. The molecule has 1 N–H and O–H groups in total. The number of carbonyl (C=O) groups is 1. The fraction of sp³-hybridized carbons (Fsp3) is 0.474. The van der Waals surface area contributed by atoms with Crippen molar-refractivity contribution in [1.29, 1.82) is 0 Å². The highest BCUT2D eigenvalue weighted by Gasteiger charge is 2.39. The number of benzene rings is 1. The molecule has 0 aromatic heterocycles. The third-order valence-corrected chi connectivity index (χ3v) is 5.25. The van der Waals surface area contributed by atoms with Crippen molar-refractivity contribution < 1.29 is 14.7 Å². The van der Waals surface area contributed by atoms with Gasteiger partial charge < -0.3 is 10.6 Å². The standard InChI is InChI=1S/C19H22N2O2.ClH/c20-21-17-13-19(9-2-1-3-10-19)11-8-16(17)15-6-4-14(5-7-15)12-18(22)23;/h4-8H,1-3,9-13H2,(H,22,23);1H. The van der Waals surface area contributed by atoms with E-state index in [1.54, 1.807) is 0 Å². The lowest BCUT2D eigenvalue weighted by atomic mass is 9.65. The van der Waals surface area contributed by atoms with Gasteiger partial charge in [0.05, 0.1) is 18.4 Å². The molecule has 0 aliphatic heterocycles. The predicted molar refractivity (Wildman–Crippen MR) is 96.4 cm³/mol. The van der Waals surface area contributed by atoms with E-state index in [1.165, 1.54) is 32.1 Å². The van der Waals surface area contributed by atoms with Crippen molar-refractivity contribution in [2.75, 3.05) is 0 Å². The second-order valence-corrected chi connectivity index (χ2v) is 6.87. The van der Waals surface area contributed by atoms with Gasteiger partial charge in [0.2, 0.25) is 0 Å². The quantitative estimate of drug-likeness (QED) is 0.644. The monoisotopic (exact) mass is 346 g/mol. The molecule has 1 fully saturated rings. The van der Waals surface area contributed by atoms with Crippen molar-refractivity contribution in [3.05, 3.63) is 47.0 Å². The maximum absolute atomic E-state index is 10.8. The zero-order valence-corrected chi connectivity index (χ0v) is 14.5. The van der Waals surface area contributed by atoms with Gasteiger partial charge in [0.15, 0.2) is 0 Å². The molecule has 1 spiro atoms. The first-order valence-corrected chi connectivity index (χ1v) is 8.34. The van der Waals surface area contributed by atoms with E-state index in [2.05, 4.69) is 10.9 Å². The van der Waals surface area contributed by atoms with E-state index in [0.29, 0.717) is 0 Å². The first-order valence-electron chi connectivity index (χ1n) is 8.34. The molecular formula is C19H23ClN2O2. The smallest absolute Gasteiger partial charge is 0.307 e. The Balaban J connectivity index is 0.00000208. The third kappa shape index (κ3) is 3.95. The Morgan fingerprint density at radius 1 is 1.17 bits per heavy atom. The molecule has 0 unspecified atom stereocenters. The van der Waals surface area contributed by atoms with E-state index in [4.69, 9.17) is 5.11 Å². The number of nitrogens with zero attached hydrogens (tertiary/aromatic N) is 2. The lowest BCUT2D eigenvalue weighted by Crippen LogP contribution is -2.30. The zero-order valence-electron chi connectivity index (χ0n) is 13.7. The van der Waals surface area contributed by atoms with Gasteiger partial charge in [0.25, 0.3) is 5.71 Å². The highest BCUT2D eigenvalue weighted by Crippen LogP contribution is 2.46. The van der Waals surface area contributed by atoms with E-state index >= 15 is 0 Å². The Kier molecular flexibility index (Phi) is 5.98. The van der Waals surface area contributed by atoms with Gasteiger partial charge in [0, 0.05) is 0 Å². The number of carboxylic acid groups (broad SMARTS) is 1. The average molecular weight is 347 g/mol. The Bertz CT molecular complexity index is 682. The Morgan fingerprint density at radius 2 is 1.83 bits per heavy atom. The van der Waals surface area contributed by atoms with Crippen LogP contribution in [-0.2, 0) is 11.2 Å². The molecule has 1 aromatic carbocycles. The normalized spacial score (nSPS) is 19.2. The fourth-order valence-corrected chi connectivity index (χ4v) is 3.99. The molecule has 24 heavy (non-hydrogen) atoms. The van der Waals surface area contributed by atoms with Crippen LogP contribution in [0.4, 0.5) is 0 Å². The first-order chi connectivity index (χ1) is 11.1. The van der Waals surface area contributed by atoms with Crippen LogP contribution in [-0.4, -0.2) is 21.6 Å². The molecule has 0 heterocycles. The summed E-state index contributed by atoms with van der Waals surface area (Å²) in [5.74, 6) is -0.827. The third-order valence-electron chi connectivity index (χ3n) is 5.25. The summed E-state index contributed by atoms with van der Waals surface area (Å²) in [7, 11) is 0. The van der Waals surface area contributed by atoms with Crippen LogP contribution in [0.25, 0.3) is 11.1 Å². The first kappa shape index (κ1) is 18.4. The molecular weight excluding hydrogens is 324 g/mol. The molecule has 1 saturated carbocycles. The minimum Gasteiger partial charge on any atom is -0.481 e. The van der Waals surface area contributed by atoms with Gasteiger partial charge in [-0.25, -0.2) is 0 Å². The highest BCUT2D eigenvalue weighted by molar-refractivity contribution is 6.21. The fourth-order valence-electron chi connectivity index (χ4n) is 3.99. The largest absolute Gasteiger partial charge is 0.481 e. The van der Waals surface area contributed by atoms with Crippen LogP contribution in [0, 0.1) is 5.41 Å². The Hall–Kier alpha value is -1.90. The molecule has 3 rings (SSSR count). The minimum atomic E-state index is -0.827. The van der Waals surface area contributed by atoms with Crippen molar-refractivity contribution in [1.82, 2.24) is 0 Å². The van der Waals surface area contributed by atoms with Crippen molar-refractivity contribution >= 4 is 29.7 Å². The summed E-state index contributed by atoms with van der Waals surface area (Å²) in [4.78, 5) is 14.3. The maximum Gasteiger partial charge on any atom is 0.307 e. The molecule has 0 saturated heterocycles. The van der Waals surface area contributed by atoms with Crippen LogP contribution < -0.4 is 0 Å². The van der Waals surface area contributed by atoms with Gasteiger partial charge >= 0.3 is 5.97 Å². The molecule has 128 valence electrons. The molecule has 0 bridgehead atoms. The van der Waals surface area contributed by atoms with Crippen LogP contribution in [0.15, 0.2) is 30.3 Å². The number of hydrogen-bond donors (Lipinski definition) is 1. The summed E-state index contributed by atoms with van der Waals surface area (Å²) in [6, 6.07) is 7.52. The average Bonchev–Trinajstić information content (AvgIpc) is 2.56. The predicted octanol–water partition coefficient (Wildman–Crippen LogP) is 4.53. The van der Waals surface area contributed by atoms with Crippen LogP contribution >= 0.6 is 12.4 Å². The Morgan fingerprint density at radius 3 is 2.42 bits per heavy atom. The van der Waals surface area contributed by atoms with E-state index in [1.807, 2.05) is 24.3 Å². The van der Waals surface area contributed by atoms with Gasteiger partial charge in [-0.15, -0.1) is 12.4 Å². The number of halogens is 1. The maximum atomic E-state index is 10.8. The van der Waals surface area contributed by atoms with Gasteiger partial charge in [-0.2, -0.15) is 4.79 Å². The zero-order chi connectivity index (χ0) is 16.3. The molecule has 2 aliphatic carbocycles. The van der Waals surface area contributed by atoms with E-state index in [-0.39, 0.29) is 24.2 Å². The lowest BCUT2D eigenvalue weighted by molar-refractivity contribution is -0.136. The lowest BCUT2D eigenvalue weighted by Gasteiger charge is -2.37. The van der Waals surface area contributed by atoms with Crippen LogP contribution in [0.5, 0.6) is 0 Å². The van der Waals surface area contributed by atoms with Gasteiger partial charge in [-0.05, 0) is 35.8 Å². The molecule has 4 nitrogen and oxygen atoms in total. The van der Waals surface area contributed by atoms with E-state index < -0.39 is 5.97 Å². The molecule has 2 aliphatic rings. The van der Waals surface area contributed by atoms with Gasteiger partial charge in [-0.1, -0.05) is 49.6 Å². The Labute approximate surface area is 148 Å². The van der Waals surface area contributed by atoms with Gasteiger partial charge in [0.1, 0.15) is 0 Å². The molecule has 0 amide bonds. The second-order valence-electron chi connectivity index (χ2n) is 6.87. The van der Waals surface area contributed by atoms with Crippen LogP contribution in [0.2, 0.25) is 0 Å². The number of rotatable bonds is 3. The van der Waals surface area contributed by atoms with Crippen LogP contribution in [0.1, 0.15) is 56.1 Å². The van der Waals surface area contributed by atoms with Crippen molar-refractivity contribution in [2.45, 2.75) is 51.4 Å². The molecule has 1 aromatic rings. The van der Waals surface area contributed by atoms with Gasteiger partial charge in [-0.3, -0.25) is 4.79 Å².